The van der Waals surface area contributed by atoms with Gasteiger partial charge in [0.05, 0.1) is 0 Å². The fraction of sp³-hybridized carbons (Fsp3) is 0.455. The first-order valence-electron chi connectivity index (χ1n) is 4.79. The van der Waals surface area contributed by atoms with Crippen molar-refractivity contribution in [1.29, 1.82) is 0 Å². The highest BCUT2D eigenvalue weighted by atomic mass is 35.5. The van der Waals surface area contributed by atoms with Gasteiger partial charge in [0.1, 0.15) is 0 Å². The Labute approximate surface area is 108 Å². The lowest BCUT2D eigenvalue weighted by Gasteiger charge is -2.54. The van der Waals surface area contributed by atoms with Crippen LogP contribution >= 0.6 is 46.4 Å². The Kier molecular flexibility index (Phi) is 2.09. The fourth-order valence-corrected chi connectivity index (χ4v) is 4.20. The van der Waals surface area contributed by atoms with Crippen LogP contribution in [0.25, 0.3) is 0 Å². The Balaban J connectivity index is 2.11. The Bertz CT molecular complexity index is 424. The van der Waals surface area contributed by atoms with E-state index in [1.165, 1.54) is 11.1 Å². The number of hydrogen-bond donors (Lipinski definition) is 0. The zero-order chi connectivity index (χ0) is 10.8. The van der Waals surface area contributed by atoms with E-state index in [4.69, 9.17) is 46.4 Å². The van der Waals surface area contributed by atoms with Crippen LogP contribution in [0.5, 0.6) is 0 Å². The molecule has 0 radical (unpaired) electrons. The van der Waals surface area contributed by atoms with Crippen molar-refractivity contribution >= 4 is 46.4 Å². The highest BCUT2D eigenvalue weighted by Crippen LogP contribution is 2.72. The SMILES string of the molecule is ClC1(Cl)[C@@H]2c3ccccc3C[C@@H]2C1(Cl)Cl. The molecule has 3 rings (SSSR count). The molecule has 4 heteroatoms. The Morgan fingerprint density at radius 2 is 1.67 bits per heavy atom. The smallest absolute Gasteiger partial charge is 0.0979 e. The molecule has 1 aromatic rings. The van der Waals surface area contributed by atoms with E-state index >= 15 is 0 Å². The van der Waals surface area contributed by atoms with E-state index in [9.17, 15) is 0 Å². The molecule has 80 valence electrons. The van der Waals surface area contributed by atoms with E-state index in [-0.39, 0.29) is 11.8 Å². The van der Waals surface area contributed by atoms with Gasteiger partial charge in [-0.1, -0.05) is 70.7 Å². The third-order valence-electron chi connectivity index (χ3n) is 3.53. The summed E-state index contributed by atoms with van der Waals surface area (Å²) in [6, 6.07) is 8.15. The quantitative estimate of drug-likeness (QED) is 0.622. The zero-order valence-corrected chi connectivity index (χ0v) is 10.7. The second kappa shape index (κ2) is 2.98. The van der Waals surface area contributed by atoms with Crippen LogP contribution in [0.3, 0.4) is 0 Å². The molecule has 2 atom stereocenters. The second-order valence-corrected chi connectivity index (χ2v) is 7.00. The molecular weight excluding hydrogens is 274 g/mol. The van der Waals surface area contributed by atoms with Crippen molar-refractivity contribution in [3.8, 4) is 0 Å². The van der Waals surface area contributed by atoms with E-state index in [1.54, 1.807) is 0 Å². The molecule has 0 aromatic heterocycles. The molecule has 0 saturated heterocycles. The van der Waals surface area contributed by atoms with Gasteiger partial charge in [0.15, 0.2) is 8.67 Å². The van der Waals surface area contributed by atoms with Crippen LogP contribution in [-0.2, 0) is 6.42 Å². The molecule has 1 aromatic carbocycles. The molecule has 0 spiro atoms. The predicted octanol–water partition coefficient (Wildman–Crippen LogP) is 4.30. The summed E-state index contributed by atoms with van der Waals surface area (Å²) in [6.45, 7) is 0. The molecule has 2 aliphatic rings. The van der Waals surface area contributed by atoms with Gasteiger partial charge in [0.2, 0.25) is 0 Å². The van der Waals surface area contributed by atoms with Crippen LogP contribution in [0.15, 0.2) is 24.3 Å². The number of alkyl halides is 4. The first-order valence-corrected chi connectivity index (χ1v) is 6.31. The van der Waals surface area contributed by atoms with Crippen molar-refractivity contribution in [3.63, 3.8) is 0 Å². The van der Waals surface area contributed by atoms with E-state index in [0.717, 1.165) is 6.42 Å². The summed E-state index contributed by atoms with van der Waals surface area (Å²) in [7, 11) is 0. The lowest BCUT2D eigenvalue weighted by atomic mass is 9.72. The topological polar surface area (TPSA) is 0 Å². The van der Waals surface area contributed by atoms with Gasteiger partial charge in [0, 0.05) is 11.8 Å². The summed E-state index contributed by atoms with van der Waals surface area (Å²) in [6.07, 6.45) is 0.870. The van der Waals surface area contributed by atoms with E-state index in [2.05, 4.69) is 12.1 Å². The van der Waals surface area contributed by atoms with Crippen LogP contribution in [0.2, 0.25) is 0 Å². The van der Waals surface area contributed by atoms with E-state index in [1.807, 2.05) is 12.1 Å². The van der Waals surface area contributed by atoms with Gasteiger partial charge in [0.25, 0.3) is 0 Å². The minimum Gasteiger partial charge on any atom is -0.0979 e. The Morgan fingerprint density at radius 3 is 2.40 bits per heavy atom. The molecule has 0 amide bonds. The summed E-state index contributed by atoms with van der Waals surface area (Å²) < 4.78 is -2.09. The third-order valence-corrected chi connectivity index (χ3v) is 6.14. The van der Waals surface area contributed by atoms with Gasteiger partial charge in [-0.15, -0.1) is 0 Å². The lowest BCUT2D eigenvalue weighted by Crippen LogP contribution is -2.60. The maximum absolute atomic E-state index is 6.23. The molecule has 0 nitrogen and oxygen atoms in total. The highest BCUT2D eigenvalue weighted by molar-refractivity contribution is 6.64. The number of benzene rings is 1. The van der Waals surface area contributed by atoms with Gasteiger partial charge in [-0.2, -0.15) is 0 Å². The van der Waals surface area contributed by atoms with Gasteiger partial charge < -0.3 is 0 Å². The van der Waals surface area contributed by atoms with Crippen LogP contribution in [0.4, 0.5) is 0 Å². The largest absolute Gasteiger partial charge is 0.158 e. The van der Waals surface area contributed by atoms with Crippen LogP contribution < -0.4 is 0 Å². The maximum Gasteiger partial charge on any atom is 0.158 e. The fourth-order valence-electron chi connectivity index (χ4n) is 2.74. The van der Waals surface area contributed by atoms with Crippen LogP contribution in [0, 0.1) is 5.92 Å². The molecule has 0 N–H and O–H groups in total. The van der Waals surface area contributed by atoms with Gasteiger partial charge in [-0.05, 0) is 17.5 Å². The molecule has 1 fully saturated rings. The normalized spacial score (nSPS) is 34.1. The monoisotopic (exact) mass is 280 g/mol. The Hall–Kier alpha value is 0.380. The average molecular weight is 282 g/mol. The highest BCUT2D eigenvalue weighted by Gasteiger charge is 2.72. The summed E-state index contributed by atoms with van der Waals surface area (Å²) >= 11 is 24.8. The van der Waals surface area contributed by atoms with Crippen molar-refractivity contribution in [2.75, 3.05) is 0 Å². The van der Waals surface area contributed by atoms with Gasteiger partial charge >= 0.3 is 0 Å². The molecule has 0 heterocycles. The molecule has 1 saturated carbocycles. The molecule has 0 bridgehead atoms. The summed E-state index contributed by atoms with van der Waals surface area (Å²) in [5.41, 5.74) is 2.46. The molecule has 2 aliphatic carbocycles. The third kappa shape index (κ3) is 1.12. The number of fused-ring (bicyclic) bond motifs is 3. The van der Waals surface area contributed by atoms with Crippen molar-refractivity contribution in [1.82, 2.24) is 0 Å². The number of halogens is 4. The van der Waals surface area contributed by atoms with Crippen molar-refractivity contribution in [2.24, 2.45) is 5.92 Å². The van der Waals surface area contributed by atoms with Crippen LogP contribution in [-0.4, -0.2) is 8.67 Å². The lowest BCUT2D eigenvalue weighted by molar-refractivity contribution is 0.233. The minimum atomic E-state index is -1.06. The van der Waals surface area contributed by atoms with E-state index < -0.39 is 8.67 Å². The van der Waals surface area contributed by atoms with Crippen molar-refractivity contribution in [3.05, 3.63) is 35.4 Å². The second-order valence-electron chi connectivity index (χ2n) is 4.23. The minimum absolute atomic E-state index is 0.0760. The molecular formula is C11H8Cl4. The van der Waals surface area contributed by atoms with Gasteiger partial charge in [-0.3, -0.25) is 0 Å². The van der Waals surface area contributed by atoms with E-state index in [0.29, 0.717) is 0 Å². The molecule has 15 heavy (non-hydrogen) atoms. The average Bonchev–Trinajstić information content (AvgIpc) is 2.55. The maximum atomic E-state index is 6.23. The number of hydrogen-bond acceptors (Lipinski definition) is 0. The van der Waals surface area contributed by atoms with Crippen molar-refractivity contribution < 1.29 is 0 Å². The zero-order valence-electron chi connectivity index (χ0n) is 7.68. The standard InChI is InChI=1S/C11H8Cl4/c12-10(13)8-5-6-3-1-2-4-7(6)9(8)11(10,14)15/h1-4,8-9H,5H2/t8-,9+/m0/s1. The Morgan fingerprint density at radius 1 is 1.00 bits per heavy atom. The number of rotatable bonds is 0. The first kappa shape index (κ1) is 10.5. The summed E-state index contributed by atoms with van der Waals surface area (Å²) in [5, 5.41) is 0. The van der Waals surface area contributed by atoms with Crippen molar-refractivity contribution in [2.45, 2.75) is 21.0 Å². The van der Waals surface area contributed by atoms with Crippen LogP contribution in [0.1, 0.15) is 17.0 Å². The summed E-state index contributed by atoms with van der Waals surface area (Å²) in [5.74, 6) is 0.222. The molecule has 0 aliphatic heterocycles. The first-order chi connectivity index (χ1) is 6.96. The van der Waals surface area contributed by atoms with Gasteiger partial charge in [-0.25, -0.2) is 0 Å². The summed E-state index contributed by atoms with van der Waals surface area (Å²) in [4.78, 5) is 0. The predicted molar refractivity (Wildman–Crippen MR) is 65.3 cm³/mol. The molecule has 0 unspecified atom stereocenters.